The number of hydrogen-bond donors (Lipinski definition) is 1. The highest BCUT2D eigenvalue weighted by molar-refractivity contribution is 6.31. The third-order valence-electron chi connectivity index (χ3n) is 3.75. The molecular formula is C16H17ClN4O3. The van der Waals surface area contributed by atoms with E-state index in [0.717, 1.165) is 23.5 Å². The summed E-state index contributed by atoms with van der Waals surface area (Å²) >= 11 is 6.08. The normalized spacial score (nSPS) is 14.5. The number of amides is 1. The molecule has 8 heteroatoms. The van der Waals surface area contributed by atoms with Crippen molar-refractivity contribution in [2.24, 2.45) is 7.05 Å². The minimum absolute atomic E-state index is 0.157. The summed E-state index contributed by atoms with van der Waals surface area (Å²) in [5.74, 6) is -0.401. The molecule has 2 heterocycles. The first-order chi connectivity index (χ1) is 11.5. The number of nitrogens with zero attached hydrogens (tertiary/aromatic N) is 3. The first kappa shape index (κ1) is 16.5. The lowest BCUT2D eigenvalue weighted by Gasteiger charge is -2.30. The Morgan fingerprint density at radius 3 is 2.71 bits per heavy atom. The third kappa shape index (κ3) is 3.58. The van der Waals surface area contributed by atoms with Crippen LogP contribution in [0.15, 0.2) is 35.1 Å². The molecule has 0 aliphatic carbocycles. The number of rotatable bonds is 3. The summed E-state index contributed by atoms with van der Waals surface area (Å²) in [5, 5.41) is 7.31. The molecule has 1 fully saturated rings. The molecule has 0 spiro atoms. The number of carbonyl (C=O) groups excluding carboxylic acids is 1. The number of morpholine rings is 1. The van der Waals surface area contributed by atoms with Crippen LogP contribution in [0.25, 0.3) is 0 Å². The van der Waals surface area contributed by atoms with Gasteiger partial charge in [-0.25, -0.2) is 4.68 Å². The molecule has 1 aromatic carbocycles. The van der Waals surface area contributed by atoms with Gasteiger partial charge in [0.25, 0.3) is 11.5 Å². The molecule has 126 valence electrons. The van der Waals surface area contributed by atoms with E-state index in [4.69, 9.17) is 16.3 Å². The zero-order chi connectivity index (χ0) is 17.1. The van der Waals surface area contributed by atoms with Crippen molar-refractivity contribution in [3.05, 3.63) is 51.4 Å². The van der Waals surface area contributed by atoms with Gasteiger partial charge in [-0.2, -0.15) is 5.10 Å². The van der Waals surface area contributed by atoms with Gasteiger partial charge in [-0.05, 0) is 24.3 Å². The van der Waals surface area contributed by atoms with Crippen molar-refractivity contribution >= 4 is 28.9 Å². The molecule has 1 aliphatic rings. The second-order valence-electron chi connectivity index (χ2n) is 5.40. The van der Waals surface area contributed by atoms with Crippen LogP contribution in [0.5, 0.6) is 0 Å². The van der Waals surface area contributed by atoms with Gasteiger partial charge in [-0.1, -0.05) is 11.6 Å². The fraction of sp³-hybridized carbons (Fsp3) is 0.312. The van der Waals surface area contributed by atoms with Gasteiger partial charge in [0.15, 0.2) is 0 Å². The fourth-order valence-corrected chi connectivity index (χ4v) is 2.67. The summed E-state index contributed by atoms with van der Waals surface area (Å²) in [4.78, 5) is 26.0. The zero-order valence-corrected chi connectivity index (χ0v) is 13.9. The van der Waals surface area contributed by atoms with E-state index in [1.807, 2.05) is 6.07 Å². The first-order valence-corrected chi connectivity index (χ1v) is 7.90. The van der Waals surface area contributed by atoms with Crippen LogP contribution in [0.1, 0.15) is 10.5 Å². The summed E-state index contributed by atoms with van der Waals surface area (Å²) in [7, 11) is 1.50. The van der Waals surface area contributed by atoms with Gasteiger partial charge < -0.3 is 15.0 Å². The van der Waals surface area contributed by atoms with E-state index in [2.05, 4.69) is 15.3 Å². The molecule has 1 aliphatic heterocycles. The van der Waals surface area contributed by atoms with Crippen LogP contribution in [0, 0.1) is 0 Å². The van der Waals surface area contributed by atoms with Crippen LogP contribution in [0.3, 0.4) is 0 Å². The maximum absolute atomic E-state index is 12.4. The second kappa shape index (κ2) is 7.02. The summed E-state index contributed by atoms with van der Waals surface area (Å²) < 4.78 is 6.48. The minimum atomic E-state index is -0.401. The van der Waals surface area contributed by atoms with Gasteiger partial charge in [0, 0.05) is 31.2 Å². The molecule has 0 bridgehead atoms. The van der Waals surface area contributed by atoms with E-state index in [-0.39, 0.29) is 11.3 Å². The van der Waals surface area contributed by atoms with E-state index in [1.54, 1.807) is 12.1 Å². The number of ether oxygens (including phenoxy) is 1. The van der Waals surface area contributed by atoms with Gasteiger partial charge in [0.2, 0.25) is 0 Å². The minimum Gasteiger partial charge on any atom is -0.378 e. The molecule has 1 amide bonds. The molecular weight excluding hydrogens is 332 g/mol. The molecule has 7 nitrogen and oxygen atoms in total. The Morgan fingerprint density at radius 1 is 1.25 bits per heavy atom. The van der Waals surface area contributed by atoms with Gasteiger partial charge in [-0.15, -0.1) is 0 Å². The molecule has 0 atom stereocenters. The van der Waals surface area contributed by atoms with E-state index in [1.165, 1.54) is 19.2 Å². The Morgan fingerprint density at radius 2 is 2.00 bits per heavy atom. The Bertz CT molecular complexity index is 815. The van der Waals surface area contributed by atoms with Gasteiger partial charge >= 0.3 is 0 Å². The average Bonchev–Trinajstić information content (AvgIpc) is 2.58. The topological polar surface area (TPSA) is 76.5 Å². The molecule has 0 unspecified atom stereocenters. The van der Waals surface area contributed by atoms with E-state index in [9.17, 15) is 9.59 Å². The number of anilines is 2. The van der Waals surface area contributed by atoms with Crippen molar-refractivity contribution in [3.8, 4) is 0 Å². The van der Waals surface area contributed by atoms with E-state index < -0.39 is 5.91 Å². The number of halogens is 1. The quantitative estimate of drug-likeness (QED) is 0.910. The van der Waals surface area contributed by atoms with Gasteiger partial charge in [-0.3, -0.25) is 9.59 Å². The predicted octanol–water partition coefficient (Wildman–Crippen LogP) is 1.52. The van der Waals surface area contributed by atoms with Crippen LogP contribution < -0.4 is 15.8 Å². The van der Waals surface area contributed by atoms with Crippen molar-refractivity contribution in [1.29, 1.82) is 0 Å². The number of hydrogen-bond acceptors (Lipinski definition) is 5. The lowest BCUT2D eigenvalue weighted by molar-refractivity contribution is 0.102. The molecule has 3 rings (SSSR count). The highest BCUT2D eigenvalue weighted by Crippen LogP contribution is 2.30. The second-order valence-corrected chi connectivity index (χ2v) is 5.83. The number of carbonyl (C=O) groups is 1. The highest BCUT2D eigenvalue weighted by atomic mass is 35.5. The smallest absolute Gasteiger partial charge is 0.276 e. The first-order valence-electron chi connectivity index (χ1n) is 7.52. The Labute approximate surface area is 143 Å². The van der Waals surface area contributed by atoms with Crippen molar-refractivity contribution in [2.45, 2.75) is 0 Å². The highest BCUT2D eigenvalue weighted by Gasteiger charge is 2.18. The lowest BCUT2D eigenvalue weighted by atomic mass is 10.2. The van der Waals surface area contributed by atoms with Gasteiger partial charge in [0.05, 0.1) is 24.6 Å². The van der Waals surface area contributed by atoms with Crippen molar-refractivity contribution in [2.75, 3.05) is 36.5 Å². The summed E-state index contributed by atoms with van der Waals surface area (Å²) in [5.41, 5.74) is 1.36. The molecule has 2 aromatic rings. The van der Waals surface area contributed by atoms with E-state index in [0.29, 0.717) is 23.9 Å². The monoisotopic (exact) mass is 348 g/mol. The SMILES string of the molecule is Cn1nc(C(=O)Nc2cc(Cl)ccc2N2CCOCC2)ccc1=O. The molecule has 1 aromatic heterocycles. The Hall–Kier alpha value is -2.38. The fourth-order valence-electron chi connectivity index (χ4n) is 2.50. The summed E-state index contributed by atoms with van der Waals surface area (Å²) in [6.45, 7) is 2.75. The number of benzene rings is 1. The summed E-state index contributed by atoms with van der Waals surface area (Å²) in [6.07, 6.45) is 0. The number of aryl methyl sites for hydroxylation is 1. The molecule has 24 heavy (non-hydrogen) atoms. The molecule has 1 saturated heterocycles. The zero-order valence-electron chi connectivity index (χ0n) is 13.2. The third-order valence-corrected chi connectivity index (χ3v) is 3.99. The van der Waals surface area contributed by atoms with Crippen molar-refractivity contribution < 1.29 is 9.53 Å². The lowest BCUT2D eigenvalue weighted by Crippen LogP contribution is -2.36. The van der Waals surface area contributed by atoms with Crippen LogP contribution in [0.2, 0.25) is 5.02 Å². The van der Waals surface area contributed by atoms with Crippen LogP contribution in [-0.4, -0.2) is 42.0 Å². The van der Waals surface area contributed by atoms with Crippen LogP contribution in [-0.2, 0) is 11.8 Å². The number of nitrogens with one attached hydrogen (secondary N) is 1. The average molecular weight is 349 g/mol. The molecule has 1 N–H and O–H groups in total. The maximum atomic E-state index is 12.4. The molecule has 0 saturated carbocycles. The van der Waals surface area contributed by atoms with Crippen molar-refractivity contribution in [1.82, 2.24) is 9.78 Å². The summed E-state index contributed by atoms with van der Waals surface area (Å²) in [6, 6.07) is 8.07. The molecule has 0 radical (unpaired) electrons. The van der Waals surface area contributed by atoms with Crippen LogP contribution >= 0.6 is 11.6 Å². The standard InChI is InChI=1S/C16H17ClN4O3/c1-20-15(22)5-3-12(19-20)16(23)18-13-10-11(17)2-4-14(13)21-6-8-24-9-7-21/h2-5,10H,6-9H2,1H3,(H,18,23). The largest absolute Gasteiger partial charge is 0.378 e. The van der Waals surface area contributed by atoms with Gasteiger partial charge in [0.1, 0.15) is 5.69 Å². The Balaban J connectivity index is 1.87. The van der Waals surface area contributed by atoms with Crippen molar-refractivity contribution in [3.63, 3.8) is 0 Å². The van der Waals surface area contributed by atoms with E-state index >= 15 is 0 Å². The predicted molar refractivity (Wildman–Crippen MR) is 91.9 cm³/mol. The Kier molecular flexibility index (Phi) is 4.82. The number of aromatic nitrogens is 2. The van der Waals surface area contributed by atoms with Crippen LogP contribution in [0.4, 0.5) is 11.4 Å². The maximum Gasteiger partial charge on any atom is 0.276 e.